The molecule has 0 saturated heterocycles. The molecule has 0 amide bonds. The lowest BCUT2D eigenvalue weighted by Gasteiger charge is -1.76. The van der Waals surface area contributed by atoms with Crippen molar-refractivity contribution in [2.45, 2.75) is 13.2 Å². The third-order valence-electron chi connectivity index (χ3n) is 0.464. The van der Waals surface area contributed by atoms with Crippen molar-refractivity contribution < 1.29 is 9.90 Å². The smallest absolute Gasteiger partial charge is 0.259 e. The van der Waals surface area contributed by atoms with Crippen LogP contribution in [-0.2, 0) is 0 Å². The molecule has 0 spiro atoms. The second-order valence-electron chi connectivity index (χ2n) is 1.14. The fraction of sp³-hybridized carbons (Fsp3) is 0.667. The van der Waals surface area contributed by atoms with Gasteiger partial charge in [-0.1, -0.05) is 13.2 Å². The van der Waals surface area contributed by atoms with Gasteiger partial charge in [-0.3, -0.25) is 4.79 Å². The summed E-state index contributed by atoms with van der Waals surface area (Å²) in [5.41, 5.74) is 0. The van der Waals surface area contributed by atoms with Gasteiger partial charge in [0, 0.05) is 0 Å². The topological polar surface area (TPSA) is 37.3 Å². The maximum absolute atomic E-state index is 9.60. The Kier molecular flexibility index (Phi) is 2.54. The molecule has 0 aliphatic carbocycles. The lowest BCUT2D eigenvalue weighted by molar-refractivity contribution is 0.220. The molecule has 1 N–H and O–H groups in total. The van der Waals surface area contributed by atoms with Gasteiger partial charge in [0.1, 0.15) is 0 Å². The predicted octanol–water partition coefficient (Wildman–Crippen LogP) is 0.539. The molecular formula is C3H7BO2. The molecule has 0 fully saturated rings. The molecule has 0 radical (unpaired) electrons. The van der Waals surface area contributed by atoms with E-state index in [1.165, 1.54) is 0 Å². The first-order valence-corrected chi connectivity index (χ1v) is 1.99. The Labute approximate surface area is 37.4 Å². The minimum Gasteiger partial charge on any atom is -0.489 e. The Morgan fingerprint density at radius 3 is 2.50 bits per heavy atom. The average molecular weight is 85.9 g/mol. The van der Waals surface area contributed by atoms with E-state index in [0.29, 0.717) is 7.28 Å². The van der Waals surface area contributed by atoms with Gasteiger partial charge in [-0.25, -0.2) is 0 Å². The van der Waals surface area contributed by atoms with Crippen LogP contribution in [0.2, 0.25) is 6.32 Å². The normalized spacial score (nSPS) is 7.50. The molecule has 0 bridgehead atoms. The van der Waals surface area contributed by atoms with Crippen LogP contribution in [0.3, 0.4) is 0 Å². The molecule has 6 heavy (non-hydrogen) atoms. The van der Waals surface area contributed by atoms with Crippen LogP contribution in [-0.4, -0.2) is 18.3 Å². The third kappa shape index (κ3) is 3.53. The summed E-state index contributed by atoms with van der Waals surface area (Å²) >= 11 is 0. The standard InChI is InChI=1S/C3H7BO2/c1-2-4-3(5)6/h4H,2H2,1H3,(H,5,6). The van der Waals surface area contributed by atoms with Gasteiger partial charge in [-0.15, -0.1) is 0 Å². The summed E-state index contributed by atoms with van der Waals surface area (Å²) in [5, 5.41) is 7.91. The molecule has 0 aliphatic rings. The SMILES string of the molecule is CCBC(=O)O. The average Bonchev–Trinajstić information content (AvgIpc) is 1.35. The van der Waals surface area contributed by atoms with Crippen LogP contribution in [0.1, 0.15) is 6.92 Å². The number of carbonyl (C=O) groups is 1. The Hall–Kier alpha value is -0.465. The highest BCUT2D eigenvalue weighted by Crippen LogP contribution is 1.71. The summed E-state index contributed by atoms with van der Waals surface area (Å²) in [6.45, 7) is 1.84. The van der Waals surface area contributed by atoms with Crippen molar-refractivity contribution >= 4 is 13.1 Å². The number of rotatable bonds is 2. The molecule has 0 heterocycles. The fourth-order valence-corrected chi connectivity index (χ4v) is 0.214. The first-order chi connectivity index (χ1) is 2.77. The van der Waals surface area contributed by atoms with Crippen molar-refractivity contribution in [1.29, 1.82) is 0 Å². The predicted molar refractivity (Wildman–Crippen MR) is 25.7 cm³/mol. The largest absolute Gasteiger partial charge is 0.489 e. The van der Waals surface area contributed by atoms with Gasteiger partial charge in [0.2, 0.25) is 5.87 Å². The summed E-state index contributed by atoms with van der Waals surface area (Å²) in [6, 6.07) is 0. The van der Waals surface area contributed by atoms with Gasteiger partial charge < -0.3 is 5.11 Å². The Morgan fingerprint density at radius 1 is 2.00 bits per heavy atom. The van der Waals surface area contributed by atoms with Crippen molar-refractivity contribution in [2.75, 3.05) is 0 Å². The Morgan fingerprint density at radius 2 is 2.50 bits per heavy atom. The van der Waals surface area contributed by atoms with Crippen LogP contribution in [0.15, 0.2) is 0 Å². The summed E-state index contributed by atoms with van der Waals surface area (Å²) in [6.07, 6.45) is 0.731. The van der Waals surface area contributed by atoms with Gasteiger partial charge in [-0.05, 0) is 0 Å². The second-order valence-corrected chi connectivity index (χ2v) is 1.14. The highest BCUT2D eigenvalue weighted by atomic mass is 16.4. The molecule has 0 unspecified atom stereocenters. The Balaban J connectivity index is 2.83. The minimum absolute atomic E-state index is 0.292. The van der Waals surface area contributed by atoms with Crippen molar-refractivity contribution in [1.82, 2.24) is 0 Å². The molecule has 0 atom stereocenters. The lowest BCUT2D eigenvalue weighted by Crippen LogP contribution is -2.01. The quantitative estimate of drug-likeness (QED) is 0.498. The number of hydrogen-bond acceptors (Lipinski definition) is 1. The highest BCUT2D eigenvalue weighted by Gasteiger charge is 1.92. The monoisotopic (exact) mass is 86.1 g/mol. The van der Waals surface area contributed by atoms with Gasteiger partial charge in [-0.2, -0.15) is 0 Å². The summed E-state index contributed by atoms with van der Waals surface area (Å²) in [7, 11) is 0.292. The molecule has 0 aromatic carbocycles. The van der Waals surface area contributed by atoms with E-state index in [4.69, 9.17) is 5.11 Å². The first-order valence-electron chi connectivity index (χ1n) is 1.99. The van der Waals surface area contributed by atoms with E-state index in [1.807, 2.05) is 6.92 Å². The molecule has 34 valence electrons. The van der Waals surface area contributed by atoms with E-state index in [0.717, 1.165) is 6.32 Å². The summed E-state index contributed by atoms with van der Waals surface area (Å²) in [4.78, 5) is 9.60. The van der Waals surface area contributed by atoms with E-state index in [2.05, 4.69) is 0 Å². The third-order valence-corrected chi connectivity index (χ3v) is 0.464. The van der Waals surface area contributed by atoms with Crippen LogP contribution in [0.25, 0.3) is 0 Å². The van der Waals surface area contributed by atoms with Crippen LogP contribution in [0.5, 0.6) is 0 Å². The summed E-state index contributed by atoms with van der Waals surface area (Å²) in [5.74, 6) is -0.711. The molecule has 0 aromatic heterocycles. The van der Waals surface area contributed by atoms with Crippen molar-refractivity contribution in [3.05, 3.63) is 0 Å². The second kappa shape index (κ2) is 2.76. The molecule has 2 nitrogen and oxygen atoms in total. The maximum atomic E-state index is 9.60. The zero-order chi connectivity index (χ0) is 4.99. The molecule has 0 rings (SSSR count). The number of carboxylic acid groups (broad SMARTS) is 1. The van der Waals surface area contributed by atoms with Gasteiger partial charge in [0.15, 0.2) is 0 Å². The Bertz CT molecular complexity index is 52.8. The zero-order valence-corrected chi connectivity index (χ0v) is 3.77. The van der Waals surface area contributed by atoms with Crippen LogP contribution in [0.4, 0.5) is 4.79 Å². The summed E-state index contributed by atoms with van der Waals surface area (Å²) < 4.78 is 0. The van der Waals surface area contributed by atoms with Gasteiger partial charge >= 0.3 is 0 Å². The molecule has 0 aromatic rings. The van der Waals surface area contributed by atoms with E-state index in [9.17, 15) is 4.79 Å². The van der Waals surface area contributed by atoms with Crippen molar-refractivity contribution in [3.63, 3.8) is 0 Å². The molecular weight excluding hydrogens is 78.8 g/mol. The van der Waals surface area contributed by atoms with E-state index in [1.54, 1.807) is 0 Å². The van der Waals surface area contributed by atoms with Crippen LogP contribution >= 0.6 is 0 Å². The van der Waals surface area contributed by atoms with Crippen molar-refractivity contribution in [2.24, 2.45) is 0 Å². The van der Waals surface area contributed by atoms with Crippen LogP contribution < -0.4 is 0 Å². The van der Waals surface area contributed by atoms with E-state index < -0.39 is 5.87 Å². The van der Waals surface area contributed by atoms with E-state index >= 15 is 0 Å². The molecule has 0 aliphatic heterocycles. The maximum Gasteiger partial charge on any atom is 0.259 e. The lowest BCUT2D eigenvalue weighted by atomic mass is 9.76. The molecule has 0 saturated carbocycles. The van der Waals surface area contributed by atoms with Crippen LogP contribution in [0, 0.1) is 0 Å². The molecule has 3 heteroatoms. The number of hydrogen-bond donors (Lipinski definition) is 1. The minimum atomic E-state index is -0.711. The highest BCUT2D eigenvalue weighted by molar-refractivity contribution is 6.71. The van der Waals surface area contributed by atoms with Crippen molar-refractivity contribution in [3.8, 4) is 0 Å². The van der Waals surface area contributed by atoms with Gasteiger partial charge in [0.25, 0.3) is 7.28 Å². The van der Waals surface area contributed by atoms with E-state index in [-0.39, 0.29) is 0 Å². The van der Waals surface area contributed by atoms with Gasteiger partial charge in [0.05, 0.1) is 0 Å². The zero-order valence-electron chi connectivity index (χ0n) is 3.77. The fourth-order valence-electron chi connectivity index (χ4n) is 0.214. The first kappa shape index (κ1) is 5.53.